The molecule has 8 heteroatoms. The number of halogens is 1. The van der Waals surface area contributed by atoms with E-state index in [9.17, 15) is 13.2 Å². The van der Waals surface area contributed by atoms with Gasteiger partial charge < -0.3 is 10.1 Å². The number of ether oxygens (including phenoxy) is 1. The molecule has 0 bridgehead atoms. The molecule has 0 aliphatic carbocycles. The van der Waals surface area contributed by atoms with E-state index in [0.717, 1.165) is 24.0 Å². The van der Waals surface area contributed by atoms with Gasteiger partial charge in [0.15, 0.2) is 0 Å². The molecule has 178 valence electrons. The topological polar surface area (TPSA) is 75.7 Å². The first-order chi connectivity index (χ1) is 16.3. The smallest absolute Gasteiger partial charge is 0.264 e. The number of carbonyl (C=O) groups is 1. The third kappa shape index (κ3) is 5.60. The minimum atomic E-state index is -3.97. The van der Waals surface area contributed by atoms with E-state index < -0.39 is 10.0 Å². The van der Waals surface area contributed by atoms with E-state index in [-0.39, 0.29) is 29.0 Å². The van der Waals surface area contributed by atoms with Crippen LogP contribution in [0.5, 0.6) is 0 Å². The van der Waals surface area contributed by atoms with Crippen molar-refractivity contribution in [2.24, 2.45) is 0 Å². The van der Waals surface area contributed by atoms with Crippen molar-refractivity contribution in [1.82, 2.24) is 5.32 Å². The molecule has 0 unspecified atom stereocenters. The fraction of sp³-hybridized carbons (Fsp3) is 0.269. The highest BCUT2D eigenvalue weighted by Gasteiger charge is 2.29. The van der Waals surface area contributed by atoms with Crippen molar-refractivity contribution in [3.63, 3.8) is 0 Å². The summed E-state index contributed by atoms with van der Waals surface area (Å²) in [7, 11) is -3.97. The Kier molecular flexibility index (Phi) is 7.56. The number of carbonyl (C=O) groups excluding carboxylic acids is 1. The van der Waals surface area contributed by atoms with Crippen LogP contribution in [0.15, 0.2) is 77.7 Å². The highest BCUT2D eigenvalue weighted by atomic mass is 35.5. The molecule has 6 nitrogen and oxygen atoms in total. The van der Waals surface area contributed by atoms with Gasteiger partial charge in [0.2, 0.25) is 0 Å². The van der Waals surface area contributed by atoms with E-state index in [1.807, 2.05) is 6.92 Å². The zero-order valence-electron chi connectivity index (χ0n) is 18.9. The average molecular weight is 499 g/mol. The minimum absolute atomic E-state index is 0.0161. The monoisotopic (exact) mass is 498 g/mol. The van der Waals surface area contributed by atoms with Gasteiger partial charge in [0.05, 0.1) is 28.8 Å². The van der Waals surface area contributed by atoms with Crippen molar-refractivity contribution >= 4 is 33.2 Å². The fourth-order valence-corrected chi connectivity index (χ4v) is 5.48. The molecule has 1 fully saturated rings. The van der Waals surface area contributed by atoms with Crippen LogP contribution in [-0.4, -0.2) is 33.6 Å². The van der Waals surface area contributed by atoms with Gasteiger partial charge in [0, 0.05) is 18.2 Å². The van der Waals surface area contributed by atoms with E-state index in [4.69, 9.17) is 16.3 Å². The Bertz CT molecular complexity index is 1240. The van der Waals surface area contributed by atoms with Crippen LogP contribution in [0.2, 0.25) is 5.02 Å². The first-order valence-corrected chi connectivity index (χ1v) is 13.0. The Morgan fingerprint density at radius 3 is 2.44 bits per heavy atom. The molecule has 1 atom stereocenters. The van der Waals surface area contributed by atoms with E-state index in [1.54, 1.807) is 72.8 Å². The van der Waals surface area contributed by atoms with Crippen LogP contribution in [0.25, 0.3) is 0 Å². The molecule has 3 aromatic carbocycles. The number of benzene rings is 3. The molecule has 3 aromatic rings. The molecule has 0 radical (unpaired) electrons. The highest BCUT2D eigenvalue weighted by Crippen LogP contribution is 2.30. The molecule has 1 heterocycles. The molecule has 34 heavy (non-hydrogen) atoms. The van der Waals surface area contributed by atoms with Gasteiger partial charge in [0.25, 0.3) is 15.9 Å². The summed E-state index contributed by atoms with van der Waals surface area (Å²) in [6.07, 6.45) is 1.85. The van der Waals surface area contributed by atoms with Crippen LogP contribution in [-0.2, 0) is 21.3 Å². The van der Waals surface area contributed by atoms with E-state index >= 15 is 0 Å². The quantitative estimate of drug-likeness (QED) is 0.476. The second-order valence-corrected chi connectivity index (χ2v) is 10.6. The number of anilines is 1. The Morgan fingerprint density at radius 2 is 1.76 bits per heavy atom. The van der Waals surface area contributed by atoms with Gasteiger partial charge in [-0.2, -0.15) is 0 Å². The molecular weight excluding hydrogens is 472 g/mol. The van der Waals surface area contributed by atoms with E-state index in [2.05, 4.69) is 5.32 Å². The zero-order chi connectivity index (χ0) is 24.1. The fourth-order valence-electron chi connectivity index (χ4n) is 3.88. The van der Waals surface area contributed by atoms with Crippen LogP contribution in [0.4, 0.5) is 5.69 Å². The summed E-state index contributed by atoms with van der Waals surface area (Å²) in [6, 6.07) is 20.4. The number of rotatable bonds is 8. The van der Waals surface area contributed by atoms with Crippen LogP contribution in [0.1, 0.15) is 34.3 Å². The lowest BCUT2D eigenvalue weighted by molar-refractivity contribution is 0.0858. The standard InChI is InChI=1S/C26H27ClN2O4S/c1-19-8-14-23(15-9-19)34(31,32)29(18-20-10-12-21(27)13-11-20)25-7-3-2-6-24(25)26(30)28-17-22-5-4-16-33-22/h2-3,6-15,22H,4-5,16-18H2,1H3,(H,28,30)/t22-/m0/s1. The molecule has 1 aliphatic rings. The maximum absolute atomic E-state index is 13.8. The summed E-state index contributed by atoms with van der Waals surface area (Å²) in [5, 5.41) is 3.46. The Balaban J connectivity index is 1.72. The Morgan fingerprint density at radius 1 is 1.06 bits per heavy atom. The minimum Gasteiger partial charge on any atom is -0.376 e. The molecule has 0 aromatic heterocycles. The predicted molar refractivity (Wildman–Crippen MR) is 134 cm³/mol. The van der Waals surface area contributed by atoms with Crippen LogP contribution < -0.4 is 9.62 Å². The van der Waals surface area contributed by atoms with Crippen molar-refractivity contribution in [3.8, 4) is 0 Å². The number of hydrogen-bond donors (Lipinski definition) is 1. The molecule has 1 saturated heterocycles. The van der Waals surface area contributed by atoms with Gasteiger partial charge in [-0.1, -0.05) is 53.6 Å². The molecule has 1 aliphatic heterocycles. The third-order valence-corrected chi connectivity index (χ3v) is 7.81. The van der Waals surface area contributed by atoms with Crippen LogP contribution >= 0.6 is 11.6 Å². The van der Waals surface area contributed by atoms with Crippen LogP contribution in [0.3, 0.4) is 0 Å². The summed E-state index contributed by atoms with van der Waals surface area (Å²) in [5.41, 5.74) is 2.29. The number of sulfonamides is 1. The average Bonchev–Trinajstić information content (AvgIpc) is 3.36. The molecule has 0 spiro atoms. The van der Waals surface area contributed by atoms with E-state index in [0.29, 0.717) is 23.9 Å². The summed E-state index contributed by atoms with van der Waals surface area (Å²) in [4.78, 5) is 13.3. The number of hydrogen-bond acceptors (Lipinski definition) is 4. The molecule has 1 amide bonds. The number of nitrogens with zero attached hydrogens (tertiary/aromatic N) is 1. The first-order valence-electron chi connectivity index (χ1n) is 11.2. The van der Waals surface area contributed by atoms with Gasteiger partial charge in [-0.25, -0.2) is 8.42 Å². The van der Waals surface area contributed by atoms with Crippen molar-refractivity contribution in [3.05, 3.63) is 94.5 Å². The van der Waals surface area contributed by atoms with Gasteiger partial charge in [-0.15, -0.1) is 0 Å². The highest BCUT2D eigenvalue weighted by molar-refractivity contribution is 7.92. The van der Waals surface area contributed by atoms with Gasteiger partial charge in [-0.05, 0) is 61.7 Å². The lowest BCUT2D eigenvalue weighted by Crippen LogP contribution is -2.35. The van der Waals surface area contributed by atoms with Crippen molar-refractivity contribution in [1.29, 1.82) is 0 Å². The summed E-state index contributed by atoms with van der Waals surface area (Å²) in [5.74, 6) is -0.341. The molecule has 0 saturated carbocycles. The maximum Gasteiger partial charge on any atom is 0.264 e. The maximum atomic E-state index is 13.8. The predicted octanol–water partition coefficient (Wildman–Crippen LogP) is 4.95. The molecular formula is C26H27ClN2O4S. The van der Waals surface area contributed by atoms with Crippen molar-refractivity contribution in [2.75, 3.05) is 17.5 Å². The molecule has 1 N–H and O–H groups in total. The SMILES string of the molecule is Cc1ccc(S(=O)(=O)N(Cc2ccc(Cl)cc2)c2ccccc2C(=O)NC[C@@H]2CCCO2)cc1. The van der Waals surface area contributed by atoms with Gasteiger partial charge in [0.1, 0.15) is 0 Å². The van der Waals surface area contributed by atoms with E-state index in [1.165, 1.54) is 4.31 Å². The Labute approximate surface area is 205 Å². The zero-order valence-corrected chi connectivity index (χ0v) is 20.5. The largest absolute Gasteiger partial charge is 0.376 e. The number of amides is 1. The normalized spacial score (nSPS) is 15.8. The number of para-hydroxylation sites is 1. The second kappa shape index (κ2) is 10.6. The lowest BCUT2D eigenvalue weighted by Gasteiger charge is -2.27. The summed E-state index contributed by atoms with van der Waals surface area (Å²) >= 11 is 6.03. The van der Waals surface area contributed by atoms with Gasteiger partial charge >= 0.3 is 0 Å². The molecule has 4 rings (SSSR count). The van der Waals surface area contributed by atoms with Gasteiger partial charge in [-0.3, -0.25) is 9.10 Å². The lowest BCUT2D eigenvalue weighted by atomic mass is 10.1. The third-order valence-electron chi connectivity index (χ3n) is 5.78. The summed E-state index contributed by atoms with van der Waals surface area (Å²) < 4.78 is 34.5. The second-order valence-electron chi connectivity index (χ2n) is 8.31. The Hall–Kier alpha value is -2.87. The number of aryl methyl sites for hydroxylation is 1. The number of nitrogens with one attached hydrogen (secondary N) is 1. The first kappa shape index (κ1) is 24.3. The van der Waals surface area contributed by atoms with Crippen molar-refractivity contribution in [2.45, 2.75) is 37.3 Å². The van der Waals surface area contributed by atoms with Crippen molar-refractivity contribution < 1.29 is 17.9 Å². The summed E-state index contributed by atoms with van der Waals surface area (Å²) in [6.45, 7) is 3.02. The van der Waals surface area contributed by atoms with Crippen LogP contribution in [0, 0.1) is 6.92 Å².